The van der Waals surface area contributed by atoms with Crippen molar-refractivity contribution in [3.8, 4) is 5.75 Å². The van der Waals surface area contributed by atoms with E-state index < -0.39 is 11.6 Å². The van der Waals surface area contributed by atoms with E-state index in [0.29, 0.717) is 0 Å². The molecule has 0 aliphatic heterocycles. The Morgan fingerprint density at radius 2 is 2.04 bits per heavy atom. The molecule has 0 saturated carbocycles. The smallest absolute Gasteiger partial charge is 0.276 e. The SMILES string of the molecule is CC(c1ccccn1)N(C)C(=O)c1cc(COc2ccc(F)c(F)c2)on1. The van der Waals surface area contributed by atoms with E-state index in [1.807, 2.05) is 19.1 Å². The van der Waals surface area contributed by atoms with Gasteiger partial charge in [-0.15, -0.1) is 0 Å². The molecular formula is C19H17F2N3O3. The van der Waals surface area contributed by atoms with Gasteiger partial charge in [0.15, 0.2) is 23.1 Å². The number of pyridine rings is 1. The van der Waals surface area contributed by atoms with Crippen molar-refractivity contribution in [1.29, 1.82) is 0 Å². The molecule has 2 heterocycles. The molecule has 0 radical (unpaired) electrons. The number of carbonyl (C=O) groups excluding carboxylic acids is 1. The van der Waals surface area contributed by atoms with Gasteiger partial charge in [0.2, 0.25) is 0 Å². The maximum Gasteiger partial charge on any atom is 0.276 e. The van der Waals surface area contributed by atoms with Gasteiger partial charge in [-0.2, -0.15) is 0 Å². The molecule has 1 atom stereocenters. The Morgan fingerprint density at radius 3 is 2.74 bits per heavy atom. The number of carbonyl (C=O) groups is 1. The number of amides is 1. The number of nitrogens with zero attached hydrogens (tertiary/aromatic N) is 3. The molecule has 0 aliphatic carbocycles. The fraction of sp³-hybridized carbons (Fsp3) is 0.211. The van der Waals surface area contributed by atoms with E-state index in [4.69, 9.17) is 9.26 Å². The first kappa shape index (κ1) is 18.5. The number of hydrogen-bond donors (Lipinski definition) is 0. The van der Waals surface area contributed by atoms with Gasteiger partial charge in [-0.05, 0) is 31.2 Å². The van der Waals surface area contributed by atoms with Crippen LogP contribution < -0.4 is 4.74 Å². The van der Waals surface area contributed by atoms with Gasteiger partial charge in [0.25, 0.3) is 5.91 Å². The summed E-state index contributed by atoms with van der Waals surface area (Å²) in [6.07, 6.45) is 1.66. The molecule has 1 amide bonds. The molecule has 0 fully saturated rings. The lowest BCUT2D eigenvalue weighted by Crippen LogP contribution is -2.30. The Hall–Kier alpha value is -3.29. The second kappa shape index (κ2) is 7.94. The van der Waals surface area contributed by atoms with E-state index in [0.717, 1.165) is 17.8 Å². The van der Waals surface area contributed by atoms with Crippen LogP contribution in [0.25, 0.3) is 0 Å². The molecule has 27 heavy (non-hydrogen) atoms. The molecule has 0 N–H and O–H groups in total. The lowest BCUT2D eigenvalue weighted by molar-refractivity contribution is 0.0729. The van der Waals surface area contributed by atoms with Gasteiger partial charge in [0, 0.05) is 25.4 Å². The second-order valence-electron chi connectivity index (χ2n) is 5.89. The predicted molar refractivity (Wildman–Crippen MR) is 91.9 cm³/mol. The molecule has 140 valence electrons. The minimum absolute atomic E-state index is 0.0785. The highest BCUT2D eigenvalue weighted by molar-refractivity contribution is 5.92. The largest absolute Gasteiger partial charge is 0.485 e. The maximum atomic E-state index is 13.2. The van der Waals surface area contributed by atoms with Crippen molar-refractivity contribution in [2.24, 2.45) is 0 Å². The number of ether oxygens (including phenoxy) is 1. The van der Waals surface area contributed by atoms with Crippen LogP contribution in [-0.4, -0.2) is 28.0 Å². The highest BCUT2D eigenvalue weighted by atomic mass is 19.2. The van der Waals surface area contributed by atoms with Gasteiger partial charge in [-0.1, -0.05) is 11.2 Å². The van der Waals surface area contributed by atoms with Crippen molar-refractivity contribution in [1.82, 2.24) is 15.0 Å². The monoisotopic (exact) mass is 373 g/mol. The molecular weight excluding hydrogens is 356 g/mol. The lowest BCUT2D eigenvalue weighted by Gasteiger charge is -2.23. The first-order valence-electron chi connectivity index (χ1n) is 8.17. The third kappa shape index (κ3) is 4.28. The summed E-state index contributed by atoms with van der Waals surface area (Å²) in [6, 6.07) is 9.87. The predicted octanol–water partition coefficient (Wildman–Crippen LogP) is 3.76. The summed E-state index contributed by atoms with van der Waals surface area (Å²) in [6.45, 7) is 1.78. The molecule has 1 unspecified atom stereocenters. The standard InChI is InChI=1S/C19H17F2N3O3/c1-12(17-5-3-4-8-22-17)24(2)19(25)18-10-14(27-23-18)11-26-13-6-7-15(20)16(21)9-13/h3-10,12H,11H2,1-2H3. The van der Waals surface area contributed by atoms with Crippen LogP contribution in [0.15, 0.2) is 53.2 Å². The first-order chi connectivity index (χ1) is 13.0. The Morgan fingerprint density at radius 1 is 1.22 bits per heavy atom. The zero-order chi connectivity index (χ0) is 19.4. The van der Waals surface area contributed by atoms with E-state index >= 15 is 0 Å². The summed E-state index contributed by atoms with van der Waals surface area (Å²) in [5.74, 6) is -1.89. The molecule has 3 rings (SSSR count). The summed E-state index contributed by atoms with van der Waals surface area (Å²) < 4.78 is 36.5. The van der Waals surface area contributed by atoms with Gasteiger partial charge in [0.05, 0.1) is 11.7 Å². The Balaban J connectivity index is 1.64. The zero-order valence-electron chi connectivity index (χ0n) is 14.7. The molecule has 0 saturated heterocycles. The molecule has 2 aromatic heterocycles. The van der Waals surface area contributed by atoms with E-state index in [2.05, 4.69) is 10.1 Å². The van der Waals surface area contributed by atoms with Crippen molar-refractivity contribution in [3.05, 3.63) is 77.4 Å². The molecule has 1 aromatic carbocycles. The van der Waals surface area contributed by atoms with Crippen LogP contribution in [0.4, 0.5) is 8.78 Å². The number of rotatable bonds is 6. The van der Waals surface area contributed by atoms with Crippen LogP contribution in [0.5, 0.6) is 5.75 Å². The van der Waals surface area contributed by atoms with Crippen LogP contribution in [0.2, 0.25) is 0 Å². The van der Waals surface area contributed by atoms with Gasteiger partial charge >= 0.3 is 0 Å². The zero-order valence-corrected chi connectivity index (χ0v) is 14.7. The van der Waals surface area contributed by atoms with Crippen molar-refractivity contribution >= 4 is 5.91 Å². The number of aromatic nitrogens is 2. The van der Waals surface area contributed by atoms with Crippen LogP contribution in [0, 0.1) is 11.6 Å². The molecule has 8 heteroatoms. The van der Waals surface area contributed by atoms with Crippen molar-refractivity contribution in [2.75, 3.05) is 7.05 Å². The van der Waals surface area contributed by atoms with Crippen molar-refractivity contribution < 1.29 is 22.8 Å². The average Bonchev–Trinajstić information content (AvgIpc) is 3.17. The normalized spacial score (nSPS) is 11.9. The van der Waals surface area contributed by atoms with Crippen LogP contribution in [-0.2, 0) is 6.61 Å². The fourth-order valence-corrected chi connectivity index (χ4v) is 2.38. The highest BCUT2D eigenvalue weighted by Gasteiger charge is 2.23. The minimum atomic E-state index is -1.01. The number of benzene rings is 1. The average molecular weight is 373 g/mol. The van der Waals surface area contributed by atoms with Crippen molar-refractivity contribution in [3.63, 3.8) is 0 Å². The molecule has 0 aliphatic rings. The molecule has 0 spiro atoms. The quantitative estimate of drug-likeness (QED) is 0.658. The summed E-state index contributed by atoms with van der Waals surface area (Å²) in [5, 5.41) is 3.76. The second-order valence-corrected chi connectivity index (χ2v) is 5.89. The van der Waals surface area contributed by atoms with Gasteiger partial charge in [0.1, 0.15) is 12.4 Å². The van der Waals surface area contributed by atoms with Crippen LogP contribution in [0.1, 0.15) is 34.9 Å². The first-order valence-corrected chi connectivity index (χ1v) is 8.17. The van der Waals surface area contributed by atoms with E-state index in [1.165, 1.54) is 17.0 Å². The van der Waals surface area contributed by atoms with Gasteiger partial charge in [-0.3, -0.25) is 9.78 Å². The third-order valence-electron chi connectivity index (χ3n) is 4.07. The minimum Gasteiger partial charge on any atom is -0.485 e. The van der Waals surface area contributed by atoms with E-state index in [1.54, 1.807) is 19.3 Å². The van der Waals surface area contributed by atoms with E-state index in [9.17, 15) is 13.6 Å². The Bertz CT molecular complexity index is 931. The van der Waals surface area contributed by atoms with Crippen LogP contribution in [0.3, 0.4) is 0 Å². The van der Waals surface area contributed by atoms with E-state index in [-0.39, 0.29) is 35.8 Å². The maximum absolute atomic E-state index is 13.2. The van der Waals surface area contributed by atoms with Crippen LogP contribution >= 0.6 is 0 Å². The summed E-state index contributed by atoms with van der Waals surface area (Å²) in [7, 11) is 1.65. The van der Waals surface area contributed by atoms with Crippen molar-refractivity contribution in [2.45, 2.75) is 19.6 Å². The third-order valence-corrected chi connectivity index (χ3v) is 4.07. The molecule has 0 bridgehead atoms. The molecule has 6 nitrogen and oxygen atoms in total. The molecule has 3 aromatic rings. The summed E-state index contributed by atoms with van der Waals surface area (Å²) >= 11 is 0. The topological polar surface area (TPSA) is 68.5 Å². The highest BCUT2D eigenvalue weighted by Crippen LogP contribution is 2.20. The number of hydrogen-bond acceptors (Lipinski definition) is 5. The summed E-state index contributed by atoms with van der Waals surface area (Å²) in [4.78, 5) is 18.3. The lowest BCUT2D eigenvalue weighted by atomic mass is 10.2. The van der Waals surface area contributed by atoms with Gasteiger partial charge < -0.3 is 14.2 Å². The Kier molecular flexibility index (Phi) is 5.44. The summed E-state index contributed by atoms with van der Waals surface area (Å²) in [5.41, 5.74) is 0.864. The van der Waals surface area contributed by atoms with Gasteiger partial charge in [-0.25, -0.2) is 8.78 Å². The number of halogens is 2. The Labute approximate surface area is 154 Å². The fourth-order valence-electron chi connectivity index (χ4n) is 2.38.